The summed E-state index contributed by atoms with van der Waals surface area (Å²) in [6, 6.07) is 0. The van der Waals surface area contributed by atoms with Gasteiger partial charge in [-0.25, -0.2) is 0 Å². The topological polar surface area (TPSA) is 116 Å². The Bertz CT molecular complexity index is 98.2. The zero-order chi connectivity index (χ0) is 8.15. The smallest absolute Gasteiger partial charge is 0.327 e. The lowest BCUT2D eigenvalue weighted by Gasteiger charge is -2.01. The molecule has 0 aromatic rings. The molecule has 62 valence electrons. The van der Waals surface area contributed by atoms with Gasteiger partial charge in [0.2, 0.25) is 0 Å². The van der Waals surface area contributed by atoms with E-state index in [1.165, 1.54) is 0 Å². The monoisotopic (exact) mass is 210 g/mol. The predicted molar refractivity (Wildman–Crippen MR) is 33.0 cm³/mol. The zero-order valence-electron chi connectivity index (χ0n) is 4.32. The molecule has 4 N–H and O–H groups in total. The molecule has 10 heteroatoms. The molecule has 0 fully saturated rings. The second kappa shape index (κ2) is 5.42. The highest BCUT2D eigenvalue weighted by Crippen LogP contribution is 2.32. The molecule has 0 heterocycles. The van der Waals surface area contributed by atoms with E-state index < -0.39 is 28.6 Å². The van der Waals surface area contributed by atoms with Gasteiger partial charge in [0.05, 0.1) is 0 Å². The lowest BCUT2D eigenvalue weighted by Crippen LogP contribution is -1.93. The van der Waals surface area contributed by atoms with Gasteiger partial charge in [-0.15, -0.1) is 0 Å². The Morgan fingerprint density at radius 2 is 1.30 bits per heavy atom. The zero-order valence-corrected chi connectivity index (χ0v) is 6.92. The molecule has 10 heavy (non-hydrogen) atoms. The largest absolute Gasteiger partial charge is 0.342 e. The molecule has 0 radical (unpaired) electrons. The lowest BCUT2D eigenvalue weighted by molar-refractivity contribution is 0.343. The van der Waals surface area contributed by atoms with Gasteiger partial charge in [-0.3, -0.25) is 0 Å². The SMILES string of the molecule is O=S(OP(O)O)OP(O)O. The Morgan fingerprint density at radius 1 is 1.00 bits per heavy atom. The quantitative estimate of drug-likeness (QED) is 0.440. The second-order valence-corrected chi connectivity index (χ2v) is 3.47. The Morgan fingerprint density at radius 3 is 1.50 bits per heavy atom. The van der Waals surface area contributed by atoms with E-state index in [0.717, 1.165) is 0 Å². The van der Waals surface area contributed by atoms with Crippen LogP contribution in [0.2, 0.25) is 0 Å². The molecule has 0 atom stereocenters. The first kappa shape index (κ1) is 10.8. The van der Waals surface area contributed by atoms with Crippen LogP contribution in [0.5, 0.6) is 0 Å². The third-order valence-corrected chi connectivity index (χ3v) is 2.30. The van der Waals surface area contributed by atoms with Gasteiger partial charge in [-0.05, 0) is 0 Å². The minimum atomic E-state index is -2.81. The predicted octanol–water partition coefficient (Wildman–Crippen LogP) is -0.979. The maximum absolute atomic E-state index is 10.1. The molecule has 7 nitrogen and oxygen atoms in total. The van der Waals surface area contributed by atoms with Crippen LogP contribution in [-0.4, -0.2) is 23.8 Å². The maximum Gasteiger partial charge on any atom is 0.342 e. The summed E-state index contributed by atoms with van der Waals surface area (Å²) in [6.45, 7) is 0. The summed E-state index contributed by atoms with van der Waals surface area (Å²) < 4.78 is 17.5. The highest BCUT2D eigenvalue weighted by Gasteiger charge is 2.12. The van der Waals surface area contributed by atoms with Crippen LogP contribution in [-0.2, 0) is 19.3 Å². The number of hydrogen-bond acceptors (Lipinski definition) is 7. The summed E-state index contributed by atoms with van der Waals surface area (Å²) in [5.41, 5.74) is 0. The van der Waals surface area contributed by atoms with E-state index in [1.807, 2.05) is 0 Å². The summed E-state index contributed by atoms with van der Waals surface area (Å²) >= 11 is -2.52. The average Bonchev–Trinajstić information content (AvgIpc) is 1.58. The Balaban J connectivity index is 3.44. The lowest BCUT2D eigenvalue weighted by atomic mass is 15.7. The van der Waals surface area contributed by atoms with Crippen LogP contribution >= 0.6 is 17.2 Å². The van der Waals surface area contributed by atoms with Gasteiger partial charge in [-0.2, -0.15) is 12.1 Å². The van der Waals surface area contributed by atoms with Crippen molar-refractivity contribution in [2.75, 3.05) is 0 Å². The van der Waals surface area contributed by atoms with Crippen molar-refractivity contribution >= 4 is 28.6 Å². The average molecular weight is 210 g/mol. The summed E-state index contributed by atoms with van der Waals surface area (Å²) in [7, 11) is -5.61. The molecule has 0 saturated heterocycles. The molecule has 0 aromatic heterocycles. The van der Waals surface area contributed by atoms with Crippen molar-refractivity contribution in [2.45, 2.75) is 0 Å². The van der Waals surface area contributed by atoms with Crippen molar-refractivity contribution in [3.05, 3.63) is 0 Å². The van der Waals surface area contributed by atoms with Crippen LogP contribution in [0, 0.1) is 0 Å². The molecular weight excluding hydrogens is 206 g/mol. The standard InChI is InChI=1S/H4O7P2S/c1-8(2)6-10(5)7-9(3)4/h1-4H. The van der Waals surface area contributed by atoms with Crippen molar-refractivity contribution in [1.82, 2.24) is 0 Å². The van der Waals surface area contributed by atoms with E-state index in [-0.39, 0.29) is 0 Å². The van der Waals surface area contributed by atoms with Crippen LogP contribution in [0.15, 0.2) is 0 Å². The van der Waals surface area contributed by atoms with Gasteiger partial charge in [0.15, 0.2) is 0 Å². The fraction of sp³-hybridized carbons (Fsp3) is 0. The third-order valence-electron chi connectivity index (χ3n) is 0.255. The van der Waals surface area contributed by atoms with Gasteiger partial charge in [-0.1, -0.05) is 0 Å². The summed E-state index contributed by atoms with van der Waals surface area (Å²) in [5, 5.41) is 0. The molecule has 0 unspecified atom stereocenters. The van der Waals surface area contributed by atoms with Gasteiger partial charge in [0.1, 0.15) is 0 Å². The third kappa shape index (κ3) is 6.88. The highest BCUT2D eigenvalue weighted by atomic mass is 32.2. The summed E-state index contributed by atoms with van der Waals surface area (Å²) in [5.74, 6) is 0. The first-order valence-electron chi connectivity index (χ1n) is 1.67. The van der Waals surface area contributed by atoms with Crippen molar-refractivity contribution < 1.29 is 31.7 Å². The van der Waals surface area contributed by atoms with E-state index in [4.69, 9.17) is 19.6 Å². The Labute approximate surface area is 61.1 Å². The highest BCUT2D eigenvalue weighted by molar-refractivity contribution is 7.83. The Kier molecular flexibility index (Phi) is 5.84. The van der Waals surface area contributed by atoms with Gasteiger partial charge in [0.25, 0.3) is 0 Å². The van der Waals surface area contributed by atoms with E-state index in [9.17, 15) is 4.21 Å². The fourth-order valence-electron chi connectivity index (χ4n) is 0.122. The van der Waals surface area contributed by atoms with Crippen LogP contribution in [0.1, 0.15) is 0 Å². The molecule has 0 amide bonds. The molecule has 0 aliphatic carbocycles. The summed E-state index contributed by atoms with van der Waals surface area (Å²) in [4.78, 5) is 32.0. The number of hydrogen-bond donors (Lipinski definition) is 4. The van der Waals surface area contributed by atoms with Crippen molar-refractivity contribution in [3.63, 3.8) is 0 Å². The minimum absolute atomic E-state index is 2.52. The first-order valence-corrected chi connectivity index (χ1v) is 5.00. The maximum atomic E-state index is 10.1. The molecule has 0 rings (SSSR count). The molecular formula is H4O7P2S. The van der Waals surface area contributed by atoms with E-state index in [1.54, 1.807) is 0 Å². The van der Waals surface area contributed by atoms with E-state index >= 15 is 0 Å². The van der Waals surface area contributed by atoms with Gasteiger partial charge >= 0.3 is 28.6 Å². The van der Waals surface area contributed by atoms with Crippen LogP contribution in [0.4, 0.5) is 0 Å². The van der Waals surface area contributed by atoms with Crippen LogP contribution in [0.3, 0.4) is 0 Å². The number of rotatable bonds is 4. The molecule has 0 aliphatic rings. The molecule has 0 aromatic carbocycles. The van der Waals surface area contributed by atoms with Crippen molar-refractivity contribution in [2.24, 2.45) is 0 Å². The van der Waals surface area contributed by atoms with Crippen molar-refractivity contribution in [3.8, 4) is 0 Å². The van der Waals surface area contributed by atoms with Crippen LogP contribution < -0.4 is 0 Å². The molecule has 0 bridgehead atoms. The van der Waals surface area contributed by atoms with Gasteiger partial charge < -0.3 is 19.6 Å². The Hall–Kier alpha value is 0.770. The minimum Gasteiger partial charge on any atom is -0.327 e. The molecule has 0 spiro atoms. The first-order chi connectivity index (χ1) is 4.52. The summed E-state index contributed by atoms with van der Waals surface area (Å²) in [6.07, 6.45) is 0. The van der Waals surface area contributed by atoms with Crippen molar-refractivity contribution in [1.29, 1.82) is 0 Å². The van der Waals surface area contributed by atoms with E-state index in [2.05, 4.69) is 7.94 Å². The van der Waals surface area contributed by atoms with Crippen LogP contribution in [0.25, 0.3) is 0 Å². The second-order valence-electron chi connectivity index (χ2n) is 0.859. The fourth-order valence-corrected chi connectivity index (χ4v) is 1.35. The molecule has 0 aliphatic heterocycles. The normalized spacial score (nSPS) is 11.9. The molecule has 0 saturated carbocycles. The van der Waals surface area contributed by atoms with Gasteiger partial charge in [0, 0.05) is 0 Å². The van der Waals surface area contributed by atoms with E-state index in [0.29, 0.717) is 0 Å².